The summed E-state index contributed by atoms with van der Waals surface area (Å²) in [7, 11) is 0. The highest BCUT2D eigenvalue weighted by Gasteiger charge is 2.36. The van der Waals surface area contributed by atoms with Crippen LogP contribution < -0.4 is 5.32 Å². The van der Waals surface area contributed by atoms with Crippen LogP contribution in [0.2, 0.25) is 0 Å². The van der Waals surface area contributed by atoms with Crippen molar-refractivity contribution in [2.45, 2.75) is 77.9 Å². The van der Waals surface area contributed by atoms with Crippen LogP contribution in [-0.2, 0) is 14.3 Å². The maximum atomic E-state index is 11.7. The molecule has 0 aliphatic heterocycles. The summed E-state index contributed by atoms with van der Waals surface area (Å²) >= 11 is 0. The predicted molar refractivity (Wildman–Crippen MR) is 98.9 cm³/mol. The summed E-state index contributed by atoms with van der Waals surface area (Å²) in [5.41, 5.74) is -0.536. The van der Waals surface area contributed by atoms with Crippen LogP contribution in [0.3, 0.4) is 0 Å². The summed E-state index contributed by atoms with van der Waals surface area (Å²) in [5.74, 6) is 0.846. The van der Waals surface area contributed by atoms with Crippen molar-refractivity contribution in [3.63, 3.8) is 0 Å². The molecule has 5 atom stereocenters. The zero-order valence-electron chi connectivity index (χ0n) is 16.6. The predicted octanol–water partition coefficient (Wildman–Crippen LogP) is 3.83. The Bertz CT molecular complexity index is 475. The number of hydrogen-bond acceptors (Lipinski definition) is 4. The third-order valence-corrected chi connectivity index (χ3v) is 5.60. The minimum absolute atomic E-state index is 0.293. The Morgan fingerprint density at radius 2 is 1.77 bits per heavy atom. The van der Waals surface area contributed by atoms with Gasteiger partial charge in [0.25, 0.3) is 0 Å². The topological polar surface area (TPSA) is 84.9 Å². The lowest BCUT2D eigenvalue weighted by Crippen LogP contribution is -2.37. The summed E-state index contributed by atoms with van der Waals surface area (Å²) in [4.78, 5) is 23.1. The van der Waals surface area contributed by atoms with Crippen LogP contribution >= 0.6 is 0 Å². The summed E-state index contributed by atoms with van der Waals surface area (Å²) in [6.45, 7) is 7.75. The van der Waals surface area contributed by atoms with E-state index in [1.165, 1.54) is 32.1 Å². The molecule has 6 heteroatoms. The number of aliphatic carboxylic acids is 1. The number of hydrogen-bond donors (Lipinski definition) is 2. The molecule has 0 aromatic carbocycles. The first-order valence-electron chi connectivity index (χ1n) is 9.95. The van der Waals surface area contributed by atoms with Gasteiger partial charge in [0.05, 0.1) is 18.6 Å². The second kappa shape index (κ2) is 9.07. The molecule has 0 aromatic rings. The van der Waals surface area contributed by atoms with E-state index < -0.39 is 23.6 Å². The average molecular weight is 370 g/mol. The molecule has 2 N–H and O–H groups in total. The lowest BCUT2D eigenvalue weighted by Gasteiger charge is -2.32. The molecule has 1 amide bonds. The minimum Gasteiger partial charge on any atom is -0.481 e. The van der Waals surface area contributed by atoms with E-state index >= 15 is 0 Å². The van der Waals surface area contributed by atoms with Crippen LogP contribution in [0, 0.1) is 23.7 Å². The van der Waals surface area contributed by atoms with Crippen molar-refractivity contribution < 1.29 is 24.2 Å². The average Bonchev–Trinajstić information content (AvgIpc) is 2.86. The van der Waals surface area contributed by atoms with E-state index in [-0.39, 0.29) is 6.10 Å². The molecule has 0 radical (unpaired) electrons. The summed E-state index contributed by atoms with van der Waals surface area (Å²) in [6, 6.07) is 0. The molecule has 6 nitrogen and oxygen atoms in total. The Kier molecular flexibility index (Phi) is 7.33. The third kappa shape index (κ3) is 6.78. The minimum atomic E-state index is -0.825. The van der Waals surface area contributed by atoms with Gasteiger partial charge in [-0.3, -0.25) is 4.79 Å². The van der Waals surface area contributed by atoms with Gasteiger partial charge in [-0.15, -0.1) is 0 Å². The Morgan fingerprint density at radius 3 is 2.31 bits per heavy atom. The fraction of sp³-hybridized carbons (Fsp3) is 0.900. The van der Waals surface area contributed by atoms with Gasteiger partial charge in [-0.2, -0.15) is 0 Å². The quantitative estimate of drug-likeness (QED) is 0.635. The fourth-order valence-corrected chi connectivity index (χ4v) is 4.42. The van der Waals surface area contributed by atoms with Gasteiger partial charge in [-0.05, 0) is 71.1 Å². The van der Waals surface area contributed by atoms with E-state index in [2.05, 4.69) is 5.32 Å². The van der Waals surface area contributed by atoms with Crippen molar-refractivity contribution >= 4 is 12.1 Å². The van der Waals surface area contributed by atoms with Gasteiger partial charge in [-0.1, -0.05) is 12.8 Å². The van der Waals surface area contributed by atoms with E-state index in [0.29, 0.717) is 19.1 Å². The summed E-state index contributed by atoms with van der Waals surface area (Å²) in [6.07, 6.45) is 6.45. The molecule has 2 aliphatic rings. The Labute approximate surface area is 157 Å². The van der Waals surface area contributed by atoms with Crippen LogP contribution in [0.15, 0.2) is 0 Å². The highest BCUT2D eigenvalue weighted by Crippen LogP contribution is 2.46. The molecule has 26 heavy (non-hydrogen) atoms. The lowest BCUT2D eigenvalue weighted by molar-refractivity contribution is -0.147. The van der Waals surface area contributed by atoms with Crippen LogP contribution in [0.4, 0.5) is 4.79 Å². The fourth-order valence-electron chi connectivity index (χ4n) is 4.42. The van der Waals surface area contributed by atoms with E-state index in [1.54, 1.807) is 6.92 Å². The molecular formula is C20H35NO5. The molecule has 2 aliphatic carbocycles. The largest absolute Gasteiger partial charge is 0.481 e. The number of ether oxygens (including phenoxy) is 2. The molecule has 0 aromatic heterocycles. The monoisotopic (exact) mass is 369 g/mol. The van der Waals surface area contributed by atoms with Crippen LogP contribution in [0.1, 0.15) is 66.2 Å². The maximum absolute atomic E-state index is 11.7. The van der Waals surface area contributed by atoms with Gasteiger partial charge in [-0.25, -0.2) is 4.79 Å². The highest BCUT2D eigenvalue weighted by molar-refractivity contribution is 5.70. The molecule has 150 valence electrons. The van der Waals surface area contributed by atoms with E-state index in [0.717, 1.165) is 18.3 Å². The third-order valence-electron chi connectivity index (χ3n) is 5.60. The second-order valence-corrected chi connectivity index (χ2v) is 9.08. The number of alkyl carbamates (subject to hydrolysis) is 1. The van der Waals surface area contributed by atoms with Crippen molar-refractivity contribution in [1.82, 2.24) is 5.32 Å². The molecule has 2 saturated carbocycles. The second-order valence-electron chi connectivity index (χ2n) is 9.08. The van der Waals surface area contributed by atoms with Gasteiger partial charge in [0.15, 0.2) is 0 Å². The number of carboxylic acids is 1. The normalized spacial score (nSPS) is 27.6. The van der Waals surface area contributed by atoms with E-state index in [1.807, 2.05) is 20.8 Å². The van der Waals surface area contributed by atoms with E-state index in [4.69, 9.17) is 9.47 Å². The van der Waals surface area contributed by atoms with E-state index in [9.17, 15) is 14.7 Å². The lowest BCUT2D eigenvalue weighted by atomic mass is 9.77. The molecule has 0 saturated heterocycles. The van der Waals surface area contributed by atoms with Gasteiger partial charge in [0, 0.05) is 6.54 Å². The van der Waals surface area contributed by atoms with Crippen molar-refractivity contribution in [2.24, 2.45) is 23.7 Å². The smallest absolute Gasteiger partial charge is 0.407 e. The first kappa shape index (κ1) is 21.0. The highest BCUT2D eigenvalue weighted by atomic mass is 16.6. The SMILES string of the molecule is C[C@@H](C(=O)O)[C@@H](CC1C[C@H]2CC[C@@H](C1)C2)OCCNC(=O)OC(C)(C)C. The number of rotatable bonds is 8. The standard InChI is InChI=1S/C20H35NO5/c1-13(18(22)23)17(12-16-10-14-5-6-15(9-14)11-16)25-8-7-21-19(24)26-20(2,3)4/h13-17H,5-12H2,1-4H3,(H,21,24)(H,22,23)/t13-,14-,15+,16?,17-/m1/s1. The first-order chi connectivity index (χ1) is 12.1. The van der Waals surface area contributed by atoms with Gasteiger partial charge >= 0.3 is 12.1 Å². The van der Waals surface area contributed by atoms with Gasteiger partial charge in [0.1, 0.15) is 5.60 Å². The number of fused-ring (bicyclic) bond motifs is 2. The molecule has 0 heterocycles. The van der Waals surface area contributed by atoms with Gasteiger partial charge in [0.2, 0.25) is 0 Å². The van der Waals surface area contributed by atoms with Crippen molar-refractivity contribution in [3.05, 3.63) is 0 Å². The Balaban J connectivity index is 1.78. The number of carbonyl (C=O) groups is 2. The molecule has 2 rings (SSSR count). The van der Waals surface area contributed by atoms with Gasteiger partial charge < -0.3 is 19.9 Å². The molecule has 2 bridgehead atoms. The zero-order valence-corrected chi connectivity index (χ0v) is 16.6. The zero-order chi connectivity index (χ0) is 19.3. The maximum Gasteiger partial charge on any atom is 0.407 e. The first-order valence-corrected chi connectivity index (χ1v) is 9.95. The number of carbonyl (C=O) groups excluding carboxylic acids is 1. The summed E-state index contributed by atoms with van der Waals surface area (Å²) in [5, 5.41) is 12.1. The van der Waals surface area contributed by atoms with Crippen molar-refractivity contribution in [1.29, 1.82) is 0 Å². The Morgan fingerprint density at radius 1 is 1.15 bits per heavy atom. The van der Waals surface area contributed by atoms with Crippen molar-refractivity contribution in [2.75, 3.05) is 13.2 Å². The summed E-state index contributed by atoms with van der Waals surface area (Å²) < 4.78 is 11.1. The van der Waals surface area contributed by atoms with Crippen molar-refractivity contribution in [3.8, 4) is 0 Å². The molecule has 0 spiro atoms. The molecule has 2 fully saturated rings. The van der Waals surface area contributed by atoms with Crippen LogP contribution in [-0.4, -0.2) is 42.0 Å². The van der Waals surface area contributed by atoms with Crippen LogP contribution in [0.25, 0.3) is 0 Å². The number of nitrogens with one attached hydrogen (secondary N) is 1. The number of amides is 1. The Hall–Kier alpha value is -1.30. The number of carboxylic acid groups (broad SMARTS) is 1. The molecular weight excluding hydrogens is 334 g/mol. The molecule has 1 unspecified atom stereocenters. The van der Waals surface area contributed by atoms with Crippen LogP contribution in [0.5, 0.6) is 0 Å².